The lowest BCUT2D eigenvalue weighted by Crippen LogP contribution is -2.07. The average molecular weight is 228 g/mol. The molecule has 2 nitrogen and oxygen atoms in total. The largest absolute Gasteiger partial charge is 0.491 e. The van der Waals surface area contributed by atoms with Gasteiger partial charge in [0.15, 0.2) is 0 Å². The quantitative estimate of drug-likeness (QED) is 0.803. The van der Waals surface area contributed by atoms with Crippen molar-refractivity contribution < 1.29 is 4.74 Å². The first kappa shape index (κ1) is 14.0. The fourth-order valence-corrected chi connectivity index (χ4v) is 1.18. The fourth-order valence-electron chi connectivity index (χ4n) is 1.18. The van der Waals surface area contributed by atoms with E-state index in [-0.39, 0.29) is 24.6 Å². The van der Waals surface area contributed by atoms with Crippen molar-refractivity contribution in [3.05, 3.63) is 42.5 Å². The summed E-state index contributed by atoms with van der Waals surface area (Å²) in [6.45, 7) is 7.66. The van der Waals surface area contributed by atoms with E-state index in [4.69, 9.17) is 10.5 Å². The normalized spacial score (nSPS) is 11.7. The van der Waals surface area contributed by atoms with Gasteiger partial charge in [-0.2, -0.15) is 0 Å². The van der Waals surface area contributed by atoms with Crippen LogP contribution < -0.4 is 10.5 Å². The van der Waals surface area contributed by atoms with Crippen LogP contribution in [0.2, 0.25) is 0 Å². The van der Waals surface area contributed by atoms with E-state index in [1.165, 1.54) is 0 Å². The lowest BCUT2D eigenvalue weighted by molar-refractivity contribution is 0.242. The van der Waals surface area contributed by atoms with Crippen molar-refractivity contribution in [1.29, 1.82) is 0 Å². The molecule has 0 saturated carbocycles. The number of rotatable bonds is 4. The van der Waals surface area contributed by atoms with Crippen LogP contribution in [0.15, 0.2) is 36.9 Å². The molecule has 15 heavy (non-hydrogen) atoms. The number of nitrogens with two attached hydrogens (primary N) is 1. The highest BCUT2D eigenvalue weighted by Crippen LogP contribution is 2.17. The minimum absolute atomic E-state index is 0. The Morgan fingerprint density at radius 1 is 1.27 bits per heavy atom. The Morgan fingerprint density at radius 3 is 2.20 bits per heavy atom. The maximum Gasteiger partial charge on any atom is 0.119 e. The first-order chi connectivity index (χ1) is 6.63. The minimum Gasteiger partial charge on any atom is -0.491 e. The van der Waals surface area contributed by atoms with Crippen LogP contribution in [0.4, 0.5) is 0 Å². The van der Waals surface area contributed by atoms with E-state index in [1.54, 1.807) is 6.08 Å². The van der Waals surface area contributed by atoms with Gasteiger partial charge in [0.1, 0.15) is 5.75 Å². The van der Waals surface area contributed by atoms with Crippen LogP contribution >= 0.6 is 12.4 Å². The third kappa shape index (κ3) is 4.36. The smallest absolute Gasteiger partial charge is 0.119 e. The second-order valence-corrected chi connectivity index (χ2v) is 3.50. The maximum absolute atomic E-state index is 5.79. The number of halogens is 1. The van der Waals surface area contributed by atoms with Gasteiger partial charge >= 0.3 is 0 Å². The van der Waals surface area contributed by atoms with Gasteiger partial charge in [0.25, 0.3) is 0 Å². The Balaban J connectivity index is 0.00000196. The van der Waals surface area contributed by atoms with Crippen molar-refractivity contribution in [2.75, 3.05) is 0 Å². The number of hydrogen-bond donors (Lipinski definition) is 1. The summed E-state index contributed by atoms with van der Waals surface area (Å²) in [6, 6.07) is 7.69. The third-order valence-corrected chi connectivity index (χ3v) is 1.89. The molecule has 0 amide bonds. The Hall–Kier alpha value is -0.990. The van der Waals surface area contributed by atoms with Gasteiger partial charge in [-0.05, 0) is 31.5 Å². The van der Waals surface area contributed by atoms with Gasteiger partial charge in [0.2, 0.25) is 0 Å². The van der Waals surface area contributed by atoms with E-state index in [2.05, 4.69) is 6.58 Å². The van der Waals surface area contributed by atoms with Crippen LogP contribution in [0.3, 0.4) is 0 Å². The molecule has 1 rings (SSSR count). The number of ether oxygens (including phenoxy) is 1. The van der Waals surface area contributed by atoms with Gasteiger partial charge in [-0.3, -0.25) is 0 Å². The minimum atomic E-state index is -0.0944. The molecule has 1 aromatic carbocycles. The molecule has 0 radical (unpaired) electrons. The highest BCUT2D eigenvalue weighted by molar-refractivity contribution is 5.85. The molecule has 2 N–H and O–H groups in total. The number of benzene rings is 1. The summed E-state index contributed by atoms with van der Waals surface area (Å²) in [4.78, 5) is 0. The zero-order valence-corrected chi connectivity index (χ0v) is 9.96. The lowest BCUT2D eigenvalue weighted by Gasteiger charge is -2.11. The maximum atomic E-state index is 5.79. The fraction of sp³-hybridized carbons (Fsp3) is 0.333. The monoisotopic (exact) mass is 227 g/mol. The molecule has 0 saturated heterocycles. The summed E-state index contributed by atoms with van der Waals surface area (Å²) >= 11 is 0. The van der Waals surface area contributed by atoms with Crippen LogP contribution in [-0.4, -0.2) is 6.10 Å². The second-order valence-electron chi connectivity index (χ2n) is 3.50. The van der Waals surface area contributed by atoms with Crippen molar-refractivity contribution in [1.82, 2.24) is 0 Å². The molecule has 0 bridgehead atoms. The molecule has 1 aromatic rings. The van der Waals surface area contributed by atoms with E-state index >= 15 is 0 Å². The molecule has 1 atom stereocenters. The van der Waals surface area contributed by atoms with Crippen molar-refractivity contribution in [2.24, 2.45) is 5.73 Å². The molecule has 0 aliphatic carbocycles. The van der Waals surface area contributed by atoms with E-state index in [0.717, 1.165) is 11.3 Å². The summed E-state index contributed by atoms with van der Waals surface area (Å²) in [5, 5.41) is 0. The summed E-state index contributed by atoms with van der Waals surface area (Å²) < 4.78 is 5.52. The van der Waals surface area contributed by atoms with Crippen LogP contribution in [0.5, 0.6) is 5.75 Å². The standard InChI is InChI=1S/C12H17NO.ClH/c1-4-12(13)10-5-7-11(8-6-10)14-9(2)3;/h4-9,12H,1,13H2,2-3H3;1H/t12-;/m1./s1. The Bertz CT molecular complexity index is 295. The zero-order chi connectivity index (χ0) is 10.6. The van der Waals surface area contributed by atoms with Crippen LogP contribution in [0.1, 0.15) is 25.5 Å². The van der Waals surface area contributed by atoms with Crippen LogP contribution in [0, 0.1) is 0 Å². The molecule has 0 fully saturated rings. The molecule has 0 spiro atoms. The number of hydrogen-bond acceptors (Lipinski definition) is 2. The molecular formula is C12H18ClNO. The Kier molecular flexibility index (Phi) is 6.06. The molecule has 0 aliphatic heterocycles. The van der Waals surface area contributed by atoms with Crippen LogP contribution in [-0.2, 0) is 0 Å². The first-order valence-corrected chi connectivity index (χ1v) is 4.78. The van der Waals surface area contributed by atoms with Gasteiger partial charge in [-0.25, -0.2) is 0 Å². The van der Waals surface area contributed by atoms with Gasteiger partial charge < -0.3 is 10.5 Å². The van der Waals surface area contributed by atoms with E-state index in [0.29, 0.717) is 0 Å². The summed E-state index contributed by atoms with van der Waals surface area (Å²) in [7, 11) is 0. The zero-order valence-electron chi connectivity index (χ0n) is 9.14. The molecule has 84 valence electrons. The van der Waals surface area contributed by atoms with Crippen LogP contribution in [0.25, 0.3) is 0 Å². The van der Waals surface area contributed by atoms with Crippen molar-refractivity contribution in [3.8, 4) is 5.75 Å². The SMILES string of the molecule is C=C[C@@H](N)c1ccc(OC(C)C)cc1.Cl. The van der Waals surface area contributed by atoms with E-state index in [1.807, 2.05) is 38.1 Å². The van der Waals surface area contributed by atoms with Crippen molar-refractivity contribution in [3.63, 3.8) is 0 Å². The predicted octanol–water partition coefficient (Wildman–Crippen LogP) is 3.08. The van der Waals surface area contributed by atoms with Crippen molar-refractivity contribution in [2.45, 2.75) is 26.0 Å². The summed E-state index contributed by atoms with van der Waals surface area (Å²) in [6.07, 6.45) is 1.92. The van der Waals surface area contributed by atoms with Crippen molar-refractivity contribution >= 4 is 12.4 Å². The van der Waals surface area contributed by atoms with E-state index in [9.17, 15) is 0 Å². The molecule has 0 aromatic heterocycles. The van der Waals surface area contributed by atoms with Gasteiger partial charge in [0.05, 0.1) is 6.10 Å². The highest BCUT2D eigenvalue weighted by Gasteiger charge is 2.01. The van der Waals surface area contributed by atoms with Gasteiger partial charge in [-0.1, -0.05) is 18.2 Å². The third-order valence-electron chi connectivity index (χ3n) is 1.89. The van der Waals surface area contributed by atoms with E-state index < -0.39 is 0 Å². The van der Waals surface area contributed by atoms with Gasteiger partial charge in [0, 0.05) is 6.04 Å². The molecular weight excluding hydrogens is 210 g/mol. The summed E-state index contributed by atoms with van der Waals surface area (Å²) in [5.41, 5.74) is 6.84. The topological polar surface area (TPSA) is 35.2 Å². The second kappa shape index (κ2) is 6.49. The molecule has 0 heterocycles. The molecule has 0 aliphatic rings. The Morgan fingerprint density at radius 2 is 1.80 bits per heavy atom. The lowest BCUT2D eigenvalue weighted by atomic mass is 10.1. The average Bonchev–Trinajstić information content (AvgIpc) is 2.17. The Labute approximate surface area is 97.5 Å². The van der Waals surface area contributed by atoms with Gasteiger partial charge in [-0.15, -0.1) is 19.0 Å². The first-order valence-electron chi connectivity index (χ1n) is 4.78. The summed E-state index contributed by atoms with van der Waals surface area (Å²) in [5.74, 6) is 0.875. The molecule has 3 heteroatoms. The predicted molar refractivity (Wildman–Crippen MR) is 66.6 cm³/mol. The molecule has 0 unspecified atom stereocenters. The highest BCUT2D eigenvalue weighted by atomic mass is 35.5.